The zero-order valence-electron chi connectivity index (χ0n) is 11.0. The average molecular weight is 264 g/mol. The van der Waals surface area contributed by atoms with Crippen LogP contribution in [0.3, 0.4) is 0 Å². The third-order valence-electron chi connectivity index (χ3n) is 3.72. The molecule has 1 amide bonds. The van der Waals surface area contributed by atoms with Crippen LogP contribution in [0.4, 0.5) is 5.69 Å². The van der Waals surface area contributed by atoms with Crippen LogP contribution < -0.4 is 11.3 Å². The number of carbonyl (C=O) groups is 1. The van der Waals surface area contributed by atoms with Crippen LogP contribution in [-0.4, -0.2) is 40.1 Å². The SMILES string of the molecule is CC(O)C1CCN(C(=O)c2cnccc2NN)CC1. The largest absolute Gasteiger partial charge is 0.393 e. The Balaban J connectivity index is 2.05. The minimum atomic E-state index is -0.308. The number of rotatable bonds is 3. The topological polar surface area (TPSA) is 91.5 Å². The molecule has 1 aliphatic heterocycles. The van der Waals surface area contributed by atoms with Gasteiger partial charge in [-0.05, 0) is 31.7 Å². The first-order valence-corrected chi connectivity index (χ1v) is 6.51. The van der Waals surface area contributed by atoms with Gasteiger partial charge in [-0.15, -0.1) is 0 Å². The average Bonchev–Trinajstić information content (AvgIpc) is 2.46. The van der Waals surface area contributed by atoms with Gasteiger partial charge in [-0.2, -0.15) is 0 Å². The molecular formula is C13H20N4O2. The van der Waals surface area contributed by atoms with Crippen LogP contribution in [0.25, 0.3) is 0 Å². The molecule has 1 fully saturated rings. The Labute approximate surface area is 112 Å². The number of piperidine rings is 1. The number of nitrogens with one attached hydrogen (secondary N) is 1. The molecular weight excluding hydrogens is 244 g/mol. The molecule has 104 valence electrons. The van der Waals surface area contributed by atoms with E-state index in [1.807, 2.05) is 0 Å². The number of aliphatic hydroxyl groups is 1. The highest BCUT2D eigenvalue weighted by Gasteiger charge is 2.27. The summed E-state index contributed by atoms with van der Waals surface area (Å²) in [7, 11) is 0. The van der Waals surface area contributed by atoms with Crippen molar-refractivity contribution in [1.82, 2.24) is 9.88 Å². The van der Waals surface area contributed by atoms with Gasteiger partial charge in [0.05, 0.1) is 17.4 Å². The second kappa shape index (κ2) is 5.99. The summed E-state index contributed by atoms with van der Waals surface area (Å²) in [6.07, 6.45) is 4.46. The van der Waals surface area contributed by atoms with E-state index < -0.39 is 0 Å². The van der Waals surface area contributed by atoms with Crippen LogP contribution in [0, 0.1) is 5.92 Å². The third-order valence-corrected chi connectivity index (χ3v) is 3.72. The predicted molar refractivity (Wildman–Crippen MR) is 72.4 cm³/mol. The molecule has 0 bridgehead atoms. The Morgan fingerprint density at radius 2 is 2.26 bits per heavy atom. The first kappa shape index (κ1) is 13.8. The van der Waals surface area contributed by atoms with Crippen LogP contribution in [0.15, 0.2) is 18.5 Å². The Morgan fingerprint density at radius 3 is 2.84 bits per heavy atom. The summed E-state index contributed by atoms with van der Waals surface area (Å²) >= 11 is 0. The van der Waals surface area contributed by atoms with Gasteiger partial charge < -0.3 is 15.4 Å². The highest BCUT2D eigenvalue weighted by atomic mass is 16.3. The van der Waals surface area contributed by atoms with E-state index in [2.05, 4.69) is 10.4 Å². The molecule has 0 aliphatic carbocycles. The summed E-state index contributed by atoms with van der Waals surface area (Å²) in [5.41, 5.74) is 3.58. The van der Waals surface area contributed by atoms with Crippen molar-refractivity contribution in [3.8, 4) is 0 Å². The number of aliphatic hydroxyl groups excluding tert-OH is 1. The van der Waals surface area contributed by atoms with Crippen LogP contribution in [-0.2, 0) is 0 Å². The summed E-state index contributed by atoms with van der Waals surface area (Å²) < 4.78 is 0. The maximum absolute atomic E-state index is 12.4. The summed E-state index contributed by atoms with van der Waals surface area (Å²) in [6, 6.07) is 1.68. The normalized spacial score (nSPS) is 18.2. The third kappa shape index (κ3) is 3.02. The molecule has 1 unspecified atom stereocenters. The number of amides is 1. The fourth-order valence-electron chi connectivity index (χ4n) is 2.45. The Kier molecular flexibility index (Phi) is 4.34. The molecule has 0 spiro atoms. The zero-order valence-corrected chi connectivity index (χ0v) is 11.0. The number of hydrogen-bond donors (Lipinski definition) is 3. The summed E-state index contributed by atoms with van der Waals surface area (Å²) in [5.74, 6) is 5.62. The number of carbonyl (C=O) groups excluding carboxylic acids is 1. The first-order valence-electron chi connectivity index (χ1n) is 6.51. The number of nitrogens with zero attached hydrogens (tertiary/aromatic N) is 2. The van der Waals surface area contributed by atoms with Gasteiger partial charge >= 0.3 is 0 Å². The lowest BCUT2D eigenvalue weighted by Gasteiger charge is -2.33. The monoisotopic (exact) mass is 264 g/mol. The van der Waals surface area contributed by atoms with Crippen molar-refractivity contribution >= 4 is 11.6 Å². The molecule has 6 nitrogen and oxygen atoms in total. The van der Waals surface area contributed by atoms with E-state index in [1.165, 1.54) is 6.20 Å². The van der Waals surface area contributed by atoms with Crippen molar-refractivity contribution in [2.75, 3.05) is 18.5 Å². The van der Waals surface area contributed by atoms with E-state index in [-0.39, 0.29) is 17.9 Å². The second-order valence-electron chi connectivity index (χ2n) is 4.94. The minimum absolute atomic E-state index is 0.0647. The molecule has 19 heavy (non-hydrogen) atoms. The standard InChI is InChI=1S/C13H20N4O2/c1-9(18)10-3-6-17(7-4-10)13(19)11-8-15-5-2-12(11)16-14/h2,5,8-10,18H,3-4,6-7,14H2,1H3,(H,15,16). The van der Waals surface area contributed by atoms with Gasteiger partial charge in [0.25, 0.3) is 5.91 Å². The number of likely N-dealkylation sites (tertiary alicyclic amines) is 1. The lowest BCUT2D eigenvalue weighted by atomic mass is 9.92. The fourth-order valence-corrected chi connectivity index (χ4v) is 2.45. The number of hydrazine groups is 1. The molecule has 4 N–H and O–H groups in total. The van der Waals surface area contributed by atoms with Gasteiger partial charge in [0.1, 0.15) is 0 Å². The number of nitrogen functional groups attached to an aromatic ring is 1. The van der Waals surface area contributed by atoms with Crippen molar-refractivity contribution < 1.29 is 9.90 Å². The van der Waals surface area contributed by atoms with Gasteiger partial charge in [-0.3, -0.25) is 15.6 Å². The lowest BCUT2D eigenvalue weighted by Crippen LogP contribution is -2.41. The number of hydrogen-bond acceptors (Lipinski definition) is 5. The molecule has 2 heterocycles. The number of aromatic nitrogens is 1. The predicted octanol–water partition coefficient (Wildman–Crippen LogP) is 0.600. The highest BCUT2D eigenvalue weighted by Crippen LogP contribution is 2.23. The molecule has 1 atom stereocenters. The molecule has 0 aromatic carbocycles. The Morgan fingerprint density at radius 1 is 1.58 bits per heavy atom. The lowest BCUT2D eigenvalue weighted by molar-refractivity contribution is 0.0522. The van der Waals surface area contributed by atoms with Gasteiger partial charge in [-0.25, -0.2) is 0 Å². The van der Waals surface area contributed by atoms with Gasteiger partial charge in [-0.1, -0.05) is 0 Å². The van der Waals surface area contributed by atoms with E-state index in [0.717, 1.165) is 12.8 Å². The number of anilines is 1. The smallest absolute Gasteiger partial charge is 0.257 e. The van der Waals surface area contributed by atoms with E-state index in [1.54, 1.807) is 24.1 Å². The molecule has 1 saturated heterocycles. The molecule has 1 aliphatic rings. The maximum atomic E-state index is 12.4. The highest BCUT2D eigenvalue weighted by molar-refractivity contribution is 5.99. The van der Waals surface area contributed by atoms with Crippen LogP contribution in [0.1, 0.15) is 30.1 Å². The van der Waals surface area contributed by atoms with Crippen molar-refractivity contribution in [3.63, 3.8) is 0 Å². The second-order valence-corrected chi connectivity index (χ2v) is 4.94. The van der Waals surface area contributed by atoms with E-state index >= 15 is 0 Å². The molecule has 2 rings (SSSR count). The van der Waals surface area contributed by atoms with Gasteiger partial charge in [0.2, 0.25) is 0 Å². The van der Waals surface area contributed by atoms with Crippen molar-refractivity contribution in [2.45, 2.75) is 25.9 Å². The van der Waals surface area contributed by atoms with Crippen molar-refractivity contribution in [1.29, 1.82) is 0 Å². The Hall–Kier alpha value is -1.66. The Bertz CT molecular complexity index is 442. The first-order chi connectivity index (χ1) is 9.13. The van der Waals surface area contributed by atoms with E-state index in [0.29, 0.717) is 24.3 Å². The summed E-state index contributed by atoms with van der Waals surface area (Å²) in [4.78, 5) is 18.1. The number of pyridine rings is 1. The van der Waals surface area contributed by atoms with E-state index in [4.69, 9.17) is 5.84 Å². The van der Waals surface area contributed by atoms with E-state index in [9.17, 15) is 9.90 Å². The van der Waals surface area contributed by atoms with Crippen molar-refractivity contribution in [3.05, 3.63) is 24.0 Å². The molecule has 1 aromatic rings. The number of nitrogens with two attached hydrogens (primary N) is 1. The van der Waals surface area contributed by atoms with Crippen LogP contribution in [0.5, 0.6) is 0 Å². The summed E-state index contributed by atoms with van der Waals surface area (Å²) in [6.45, 7) is 3.13. The molecule has 0 saturated carbocycles. The molecule has 6 heteroatoms. The zero-order chi connectivity index (χ0) is 13.8. The van der Waals surface area contributed by atoms with Crippen LogP contribution in [0.2, 0.25) is 0 Å². The summed E-state index contributed by atoms with van der Waals surface area (Å²) in [5, 5.41) is 9.56. The minimum Gasteiger partial charge on any atom is -0.393 e. The quantitative estimate of drug-likeness (QED) is 0.549. The maximum Gasteiger partial charge on any atom is 0.257 e. The van der Waals surface area contributed by atoms with Crippen LogP contribution >= 0.6 is 0 Å². The van der Waals surface area contributed by atoms with Crippen molar-refractivity contribution in [2.24, 2.45) is 11.8 Å². The molecule has 1 aromatic heterocycles. The van der Waals surface area contributed by atoms with Gasteiger partial charge in [0.15, 0.2) is 0 Å². The fraction of sp³-hybridized carbons (Fsp3) is 0.538. The van der Waals surface area contributed by atoms with Gasteiger partial charge in [0, 0.05) is 25.5 Å². The molecule has 0 radical (unpaired) electrons.